The summed E-state index contributed by atoms with van der Waals surface area (Å²) in [5, 5.41) is 0. The summed E-state index contributed by atoms with van der Waals surface area (Å²) in [5.41, 5.74) is 1.45. The van der Waals surface area contributed by atoms with Crippen molar-refractivity contribution >= 4 is 27.7 Å². The molecule has 8 heteroatoms. The molecule has 0 bridgehead atoms. The zero-order chi connectivity index (χ0) is 24.1. The van der Waals surface area contributed by atoms with Gasteiger partial charge in [0.2, 0.25) is 12.7 Å². The molecule has 0 atom stereocenters. The van der Waals surface area contributed by atoms with Gasteiger partial charge in [0.05, 0.1) is 12.8 Å². The number of ether oxygens (including phenoxy) is 2. The molecule has 2 aromatic carbocycles. The molecule has 4 rings (SSSR count). The lowest BCUT2D eigenvalue weighted by Crippen LogP contribution is -2.43. The molecule has 1 aliphatic heterocycles. The molecule has 0 saturated carbocycles. The predicted octanol–water partition coefficient (Wildman–Crippen LogP) is 5.10. The zero-order valence-corrected chi connectivity index (χ0v) is 20.8. The van der Waals surface area contributed by atoms with Gasteiger partial charge in [0, 0.05) is 23.1 Å². The first kappa shape index (κ1) is 23.9. The molecule has 0 spiro atoms. The molecular formula is C26H27BrN2O5. The van der Waals surface area contributed by atoms with Crippen LogP contribution >= 0.6 is 15.9 Å². The summed E-state index contributed by atoms with van der Waals surface area (Å²) in [6.07, 6.45) is 1.58. The highest BCUT2D eigenvalue weighted by Crippen LogP contribution is 2.33. The van der Waals surface area contributed by atoms with Gasteiger partial charge in [-0.1, -0.05) is 35.8 Å². The third-order valence-electron chi connectivity index (χ3n) is 5.38. The third-order valence-corrected chi connectivity index (χ3v) is 5.91. The molecule has 7 nitrogen and oxygen atoms in total. The molecule has 2 amide bonds. The Morgan fingerprint density at radius 3 is 2.44 bits per heavy atom. The number of hydrogen-bond donors (Lipinski definition) is 0. The van der Waals surface area contributed by atoms with Gasteiger partial charge in [-0.2, -0.15) is 0 Å². The van der Waals surface area contributed by atoms with Crippen LogP contribution in [0.15, 0.2) is 69.8 Å². The van der Waals surface area contributed by atoms with Crippen LogP contribution < -0.4 is 9.47 Å². The van der Waals surface area contributed by atoms with Crippen molar-refractivity contribution in [1.82, 2.24) is 9.80 Å². The van der Waals surface area contributed by atoms with Gasteiger partial charge in [-0.15, -0.1) is 0 Å². The number of nitrogens with zero attached hydrogens (tertiary/aromatic N) is 2. The molecular weight excluding hydrogens is 500 g/mol. The summed E-state index contributed by atoms with van der Waals surface area (Å²) in [6.45, 7) is 5.33. The fourth-order valence-electron chi connectivity index (χ4n) is 3.78. The summed E-state index contributed by atoms with van der Waals surface area (Å²) in [4.78, 5) is 30.1. The van der Waals surface area contributed by atoms with Crippen LogP contribution in [0.25, 0.3) is 0 Å². The first-order chi connectivity index (χ1) is 16.4. The minimum absolute atomic E-state index is 0.0294. The molecule has 1 aliphatic rings. The molecule has 1 aromatic heterocycles. The number of rotatable bonds is 9. The lowest BCUT2D eigenvalue weighted by atomic mass is 10.1. The van der Waals surface area contributed by atoms with E-state index in [1.807, 2.05) is 50.2 Å². The number of furan rings is 1. The van der Waals surface area contributed by atoms with Crippen molar-refractivity contribution in [3.8, 4) is 11.5 Å². The van der Waals surface area contributed by atoms with Crippen molar-refractivity contribution in [2.75, 3.05) is 19.9 Å². The Morgan fingerprint density at radius 2 is 1.74 bits per heavy atom. The van der Waals surface area contributed by atoms with E-state index in [9.17, 15) is 9.59 Å². The van der Waals surface area contributed by atoms with Gasteiger partial charge >= 0.3 is 0 Å². The van der Waals surface area contributed by atoms with Crippen molar-refractivity contribution in [2.45, 2.75) is 26.9 Å². The second kappa shape index (κ2) is 10.8. The fraction of sp³-hybridized carbons (Fsp3) is 0.308. The Morgan fingerprint density at radius 1 is 0.971 bits per heavy atom. The summed E-state index contributed by atoms with van der Waals surface area (Å²) in [7, 11) is 0. The van der Waals surface area contributed by atoms with Crippen molar-refractivity contribution in [3.63, 3.8) is 0 Å². The van der Waals surface area contributed by atoms with Crippen molar-refractivity contribution in [2.24, 2.45) is 5.92 Å². The summed E-state index contributed by atoms with van der Waals surface area (Å²) in [5.74, 6) is 1.89. The highest BCUT2D eigenvalue weighted by molar-refractivity contribution is 9.10. The monoisotopic (exact) mass is 526 g/mol. The van der Waals surface area contributed by atoms with E-state index in [0.717, 1.165) is 10.0 Å². The lowest BCUT2D eigenvalue weighted by molar-refractivity contribution is -0.133. The van der Waals surface area contributed by atoms with E-state index in [4.69, 9.17) is 13.9 Å². The van der Waals surface area contributed by atoms with Crippen LogP contribution in [0.4, 0.5) is 0 Å². The number of carbonyl (C=O) groups excluding carboxylic acids is 2. The molecule has 0 unspecified atom stereocenters. The Balaban J connectivity index is 1.54. The van der Waals surface area contributed by atoms with Crippen LogP contribution in [0.1, 0.15) is 35.5 Å². The predicted molar refractivity (Wildman–Crippen MR) is 130 cm³/mol. The SMILES string of the molecule is CC(C)CN(CC(=O)N(Cc1ccc2c(c1)OCO2)Cc1ccco1)C(=O)c1ccc(Br)cc1. The molecule has 0 aliphatic carbocycles. The number of amides is 2. The number of benzene rings is 2. The zero-order valence-electron chi connectivity index (χ0n) is 19.2. The Kier molecular flexibility index (Phi) is 7.57. The number of halogens is 1. The lowest BCUT2D eigenvalue weighted by Gasteiger charge is -2.28. The highest BCUT2D eigenvalue weighted by atomic mass is 79.9. The minimum Gasteiger partial charge on any atom is -0.467 e. The fourth-order valence-corrected chi connectivity index (χ4v) is 4.05. The van der Waals surface area contributed by atoms with Gasteiger partial charge in [0.1, 0.15) is 12.3 Å². The number of hydrogen-bond acceptors (Lipinski definition) is 5. The van der Waals surface area contributed by atoms with Crippen LogP contribution in [0, 0.1) is 5.92 Å². The maximum Gasteiger partial charge on any atom is 0.254 e. The summed E-state index contributed by atoms with van der Waals surface area (Å²) < 4.78 is 17.3. The van der Waals surface area contributed by atoms with E-state index in [2.05, 4.69) is 15.9 Å². The minimum atomic E-state index is -0.171. The van der Waals surface area contributed by atoms with Crippen molar-refractivity contribution in [3.05, 3.63) is 82.2 Å². The Hall–Kier alpha value is -3.26. The normalized spacial score (nSPS) is 12.1. The van der Waals surface area contributed by atoms with E-state index in [1.165, 1.54) is 0 Å². The largest absolute Gasteiger partial charge is 0.467 e. The molecule has 0 radical (unpaired) electrons. The topological polar surface area (TPSA) is 72.2 Å². The first-order valence-corrected chi connectivity index (χ1v) is 11.9. The molecule has 3 aromatic rings. The Bertz CT molecular complexity index is 1130. The highest BCUT2D eigenvalue weighted by Gasteiger charge is 2.25. The average molecular weight is 527 g/mol. The van der Waals surface area contributed by atoms with Crippen LogP contribution in [0.2, 0.25) is 0 Å². The van der Waals surface area contributed by atoms with Gasteiger partial charge in [0.25, 0.3) is 5.91 Å². The van der Waals surface area contributed by atoms with Gasteiger partial charge in [-0.05, 0) is 60.0 Å². The molecule has 2 heterocycles. The maximum absolute atomic E-state index is 13.5. The molecule has 0 fully saturated rings. The Labute approximate surface area is 207 Å². The van der Waals surface area contributed by atoms with E-state index in [0.29, 0.717) is 42.5 Å². The molecule has 0 N–H and O–H groups in total. The number of carbonyl (C=O) groups is 2. The van der Waals surface area contributed by atoms with E-state index >= 15 is 0 Å². The van der Waals surface area contributed by atoms with Crippen molar-refractivity contribution < 1.29 is 23.5 Å². The molecule has 178 valence electrons. The summed E-state index contributed by atoms with van der Waals surface area (Å²) in [6, 6.07) is 16.4. The van der Waals surface area contributed by atoms with Gasteiger partial charge in [-0.25, -0.2) is 0 Å². The van der Waals surface area contributed by atoms with Crippen LogP contribution in [-0.2, 0) is 17.9 Å². The molecule has 0 saturated heterocycles. The third kappa shape index (κ3) is 5.99. The second-order valence-electron chi connectivity index (χ2n) is 8.60. The van der Waals surface area contributed by atoms with Crippen LogP contribution in [-0.4, -0.2) is 41.5 Å². The van der Waals surface area contributed by atoms with E-state index in [1.54, 1.807) is 34.3 Å². The maximum atomic E-state index is 13.5. The quantitative estimate of drug-likeness (QED) is 0.388. The van der Waals surface area contributed by atoms with E-state index in [-0.39, 0.29) is 31.1 Å². The second-order valence-corrected chi connectivity index (χ2v) is 9.52. The molecule has 34 heavy (non-hydrogen) atoms. The standard InChI is InChI=1S/C26H27BrN2O5/c1-18(2)13-29(26(31)20-6-8-21(27)9-7-20)16-25(30)28(15-22-4-3-11-32-22)14-19-5-10-23-24(12-19)34-17-33-23/h3-12,18H,13-17H2,1-2H3. The average Bonchev–Trinajstić information content (AvgIpc) is 3.49. The van der Waals surface area contributed by atoms with Crippen LogP contribution in [0.5, 0.6) is 11.5 Å². The van der Waals surface area contributed by atoms with Crippen molar-refractivity contribution in [1.29, 1.82) is 0 Å². The van der Waals surface area contributed by atoms with E-state index < -0.39 is 0 Å². The van der Waals surface area contributed by atoms with Gasteiger partial charge < -0.3 is 23.7 Å². The summed E-state index contributed by atoms with van der Waals surface area (Å²) >= 11 is 3.40. The van der Waals surface area contributed by atoms with Crippen LogP contribution in [0.3, 0.4) is 0 Å². The smallest absolute Gasteiger partial charge is 0.254 e. The van der Waals surface area contributed by atoms with Gasteiger partial charge in [0.15, 0.2) is 11.5 Å². The first-order valence-electron chi connectivity index (χ1n) is 11.1. The number of fused-ring (bicyclic) bond motifs is 1. The van der Waals surface area contributed by atoms with Gasteiger partial charge in [-0.3, -0.25) is 9.59 Å².